The third-order valence-electron chi connectivity index (χ3n) is 1.20. The number of aliphatic hydroxyl groups is 1. The number of carbonyl (C=O) groups is 1. The minimum Gasteiger partial charge on any atom is -0.373 e. The number of carbonyl (C=O) groups excluding carboxylic acids is 1. The van der Waals surface area contributed by atoms with Crippen molar-refractivity contribution in [3.63, 3.8) is 0 Å². The lowest BCUT2D eigenvalue weighted by Crippen LogP contribution is -2.49. The Hall–Kier alpha value is -0.570. The molecule has 3 heteroatoms. The predicted molar refractivity (Wildman–Crippen MR) is 23.4 cm³/mol. The minimum atomic E-state index is -0.507. The van der Waals surface area contributed by atoms with Crippen LogP contribution in [0, 0.1) is 0 Å². The van der Waals surface area contributed by atoms with Gasteiger partial charge in [-0.05, 0) is 0 Å². The summed E-state index contributed by atoms with van der Waals surface area (Å²) < 4.78 is 0. The zero-order valence-corrected chi connectivity index (χ0v) is 4.09. The van der Waals surface area contributed by atoms with E-state index in [9.17, 15) is 4.79 Å². The van der Waals surface area contributed by atoms with Crippen LogP contribution < -0.4 is 0 Å². The smallest absolute Gasteiger partial charge is 0.228 e. The highest BCUT2D eigenvalue weighted by atomic mass is 16.3. The van der Waals surface area contributed by atoms with E-state index in [1.54, 1.807) is 7.05 Å². The topological polar surface area (TPSA) is 40.5 Å². The Morgan fingerprint density at radius 1 is 2.00 bits per heavy atom. The number of β-lactam (4-membered cyclic amide) rings is 1. The average molecular weight is 101 g/mol. The molecule has 1 amide bonds. The van der Waals surface area contributed by atoms with E-state index in [0.29, 0.717) is 6.42 Å². The molecule has 1 heterocycles. The first kappa shape index (κ1) is 4.59. The van der Waals surface area contributed by atoms with E-state index in [2.05, 4.69) is 0 Å². The van der Waals surface area contributed by atoms with Crippen LogP contribution in [0.3, 0.4) is 0 Å². The molecule has 0 aliphatic carbocycles. The van der Waals surface area contributed by atoms with Crippen molar-refractivity contribution in [2.45, 2.75) is 12.6 Å². The lowest BCUT2D eigenvalue weighted by atomic mass is 10.2. The van der Waals surface area contributed by atoms with E-state index in [1.807, 2.05) is 0 Å². The van der Waals surface area contributed by atoms with Crippen molar-refractivity contribution in [3.05, 3.63) is 0 Å². The molecular formula is C4H7NO2. The Kier molecular flexibility index (Phi) is 0.785. The van der Waals surface area contributed by atoms with Crippen LogP contribution in [0.2, 0.25) is 0 Å². The van der Waals surface area contributed by atoms with E-state index in [4.69, 9.17) is 5.11 Å². The third-order valence-corrected chi connectivity index (χ3v) is 1.20. The Morgan fingerprint density at radius 2 is 2.57 bits per heavy atom. The summed E-state index contributed by atoms with van der Waals surface area (Å²) in [5, 5.41) is 8.59. The molecule has 0 aromatic carbocycles. The summed E-state index contributed by atoms with van der Waals surface area (Å²) in [5.74, 6) is 0.0208. The molecule has 0 bridgehead atoms. The van der Waals surface area contributed by atoms with Crippen molar-refractivity contribution < 1.29 is 9.90 Å². The van der Waals surface area contributed by atoms with Gasteiger partial charge in [0.25, 0.3) is 0 Å². The predicted octanol–water partition coefficient (Wildman–Crippen LogP) is -0.833. The Labute approximate surface area is 41.5 Å². The van der Waals surface area contributed by atoms with Gasteiger partial charge in [0, 0.05) is 7.05 Å². The van der Waals surface area contributed by atoms with Gasteiger partial charge < -0.3 is 10.0 Å². The maximum absolute atomic E-state index is 10.2. The first-order valence-electron chi connectivity index (χ1n) is 2.15. The third kappa shape index (κ3) is 0.489. The highest BCUT2D eigenvalue weighted by molar-refractivity contribution is 5.81. The Bertz CT molecular complexity index is 102. The molecule has 40 valence electrons. The molecule has 0 radical (unpaired) electrons. The van der Waals surface area contributed by atoms with Gasteiger partial charge >= 0.3 is 0 Å². The summed E-state index contributed by atoms with van der Waals surface area (Å²) in [5.41, 5.74) is 0. The van der Waals surface area contributed by atoms with Gasteiger partial charge in [-0.15, -0.1) is 0 Å². The van der Waals surface area contributed by atoms with E-state index in [-0.39, 0.29) is 5.91 Å². The maximum Gasteiger partial charge on any atom is 0.228 e. The first-order chi connectivity index (χ1) is 3.22. The van der Waals surface area contributed by atoms with E-state index >= 15 is 0 Å². The van der Waals surface area contributed by atoms with Gasteiger partial charge in [-0.1, -0.05) is 0 Å². The van der Waals surface area contributed by atoms with Gasteiger partial charge in [0.05, 0.1) is 6.42 Å². The summed E-state index contributed by atoms with van der Waals surface area (Å²) in [6.07, 6.45) is -0.205. The van der Waals surface area contributed by atoms with E-state index in [0.717, 1.165) is 0 Å². The number of aliphatic hydroxyl groups excluding tert-OH is 1. The summed E-state index contributed by atoms with van der Waals surface area (Å²) in [4.78, 5) is 11.5. The highest BCUT2D eigenvalue weighted by Gasteiger charge is 2.29. The minimum absolute atomic E-state index is 0.0208. The molecule has 1 aliphatic heterocycles. The summed E-state index contributed by atoms with van der Waals surface area (Å²) in [6.45, 7) is 0. The Morgan fingerprint density at radius 3 is 2.57 bits per heavy atom. The van der Waals surface area contributed by atoms with Crippen LogP contribution in [0.1, 0.15) is 6.42 Å². The van der Waals surface area contributed by atoms with Gasteiger partial charge in [0.1, 0.15) is 6.23 Å². The van der Waals surface area contributed by atoms with Crippen LogP contribution in [0.4, 0.5) is 0 Å². The number of likely N-dealkylation sites (tertiary alicyclic amines) is 1. The second-order valence-electron chi connectivity index (χ2n) is 1.69. The standard InChI is InChI=1S/C4H7NO2/c1-5-3(6)2-4(5)7/h3,6H,2H2,1H3. The molecule has 0 spiro atoms. The van der Waals surface area contributed by atoms with Gasteiger partial charge in [0.2, 0.25) is 5.91 Å². The molecule has 1 saturated heterocycles. The molecule has 3 nitrogen and oxygen atoms in total. The second kappa shape index (κ2) is 1.20. The van der Waals surface area contributed by atoms with Crippen LogP contribution >= 0.6 is 0 Å². The lowest BCUT2D eigenvalue weighted by Gasteiger charge is -2.32. The maximum atomic E-state index is 10.2. The van der Waals surface area contributed by atoms with Crippen LogP contribution in [0.15, 0.2) is 0 Å². The normalized spacial score (nSPS) is 30.3. The first-order valence-corrected chi connectivity index (χ1v) is 2.15. The molecule has 0 aromatic heterocycles. The van der Waals surface area contributed by atoms with Crippen molar-refractivity contribution >= 4 is 5.91 Å². The molecule has 1 aliphatic rings. The zero-order chi connectivity index (χ0) is 5.44. The molecule has 0 saturated carbocycles. The molecule has 1 rings (SSSR count). The second-order valence-corrected chi connectivity index (χ2v) is 1.69. The molecular weight excluding hydrogens is 94.0 g/mol. The van der Waals surface area contributed by atoms with Crippen molar-refractivity contribution in [3.8, 4) is 0 Å². The Balaban J connectivity index is 2.43. The number of hydrogen-bond acceptors (Lipinski definition) is 2. The summed E-state index contributed by atoms with van der Waals surface area (Å²) in [7, 11) is 1.58. The van der Waals surface area contributed by atoms with Crippen LogP contribution in [-0.2, 0) is 4.79 Å². The zero-order valence-electron chi connectivity index (χ0n) is 4.09. The number of rotatable bonds is 0. The van der Waals surface area contributed by atoms with Crippen molar-refractivity contribution in [2.75, 3.05) is 7.05 Å². The van der Waals surface area contributed by atoms with Gasteiger partial charge in [-0.2, -0.15) is 0 Å². The molecule has 1 N–H and O–H groups in total. The number of amides is 1. The summed E-state index contributed by atoms with van der Waals surface area (Å²) in [6, 6.07) is 0. The lowest BCUT2D eigenvalue weighted by molar-refractivity contribution is -0.160. The molecule has 1 fully saturated rings. The molecule has 1 atom stereocenters. The number of hydrogen-bond donors (Lipinski definition) is 1. The van der Waals surface area contributed by atoms with Crippen LogP contribution in [0.25, 0.3) is 0 Å². The fourth-order valence-corrected chi connectivity index (χ4v) is 0.491. The van der Waals surface area contributed by atoms with Crippen molar-refractivity contribution in [2.24, 2.45) is 0 Å². The van der Waals surface area contributed by atoms with Crippen LogP contribution in [0.5, 0.6) is 0 Å². The summed E-state index contributed by atoms with van der Waals surface area (Å²) >= 11 is 0. The molecule has 0 aromatic rings. The van der Waals surface area contributed by atoms with Gasteiger partial charge in [0.15, 0.2) is 0 Å². The highest BCUT2D eigenvalue weighted by Crippen LogP contribution is 2.11. The van der Waals surface area contributed by atoms with Gasteiger partial charge in [-0.25, -0.2) is 0 Å². The van der Waals surface area contributed by atoms with E-state index < -0.39 is 6.23 Å². The van der Waals surface area contributed by atoms with Crippen LogP contribution in [-0.4, -0.2) is 29.2 Å². The fourth-order valence-electron chi connectivity index (χ4n) is 0.491. The number of nitrogens with zero attached hydrogens (tertiary/aromatic N) is 1. The van der Waals surface area contributed by atoms with Crippen molar-refractivity contribution in [1.29, 1.82) is 0 Å². The SMILES string of the molecule is CN1C(=O)CC1O. The average Bonchev–Trinajstić information content (AvgIpc) is 1.68. The molecule has 1 unspecified atom stereocenters. The fraction of sp³-hybridized carbons (Fsp3) is 0.750. The van der Waals surface area contributed by atoms with E-state index in [1.165, 1.54) is 4.90 Å². The van der Waals surface area contributed by atoms with Gasteiger partial charge in [-0.3, -0.25) is 4.79 Å². The monoisotopic (exact) mass is 101 g/mol. The largest absolute Gasteiger partial charge is 0.373 e. The molecule has 7 heavy (non-hydrogen) atoms. The van der Waals surface area contributed by atoms with Crippen molar-refractivity contribution in [1.82, 2.24) is 4.90 Å². The quantitative estimate of drug-likeness (QED) is 0.404.